The summed E-state index contributed by atoms with van der Waals surface area (Å²) in [6, 6.07) is 10.5. The van der Waals surface area contributed by atoms with Gasteiger partial charge in [-0.1, -0.05) is 44.2 Å². The molecule has 0 spiro atoms. The molecule has 2 rings (SSSR count). The van der Waals surface area contributed by atoms with Crippen LogP contribution in [0.3, 0.4) is 0 Å². The molecule has 1 fully saturated rings. The Morgan fingerprint density at radius 1 is 1.33 bits per heavy atom. The first-order valence-electron chi connectivity index (χ1n) is 6.73. The molecule has 0 unspecified atom stereocenters. The molecule has 0 aromatic heterocycles. The van der Waals surface area contributed by atoms with Crippen molar-refractivity contribution in [2.75, 3.05) is 19.7 Å². The van der Waals surface area contributed by atoms with Crippen LogP contribution >= 0.6 is 0 Å². The van der Waals surface area contributed by atoms with Gasteiger partial charge in [0, 0.05) is 19.6 Å². The van der Waals surface area contributed by atoms with Gasteiger partial charge in [-0.05, 0) is 11.5 Å². The zero-order chi connectivity index (χ0) is 13.0. The molecule has 18 heavy (non-hydrogen) atoms. The highest BCUT2D eigenvalue weighted by Gasteiger charge is 2.28. The van der Waals surface area contributed by atoms with Crippen molar-refractivity contribution >= 4 is 0 Å². The summed E-state index contributed by atoms with van der Waals surface area (Å²) < 4.78 is 5.68. The molecule has 0 bridgehead atoms. The van der Waals surface area contributed by atoms with Crippen LogP contribution in [0.1, 0.15) is 19.4 Å². The third-order valence-electron chi connectivity index (χ3n) is 3.49. The summed E-state index contributed by atoms with van der Waals surface area (Å²) in [5.41, 5.74) is 1.32. The Morgan fingerprint density at radius 3 is 2.72 bits per heavy atom. The summed E-state index contributed by atoms with van der Waals surface area (Å²) in [7, 11) is 0. The van der Waals surface area contributed by atoms with E-state index in [1.807, 2.05) is 19.9 Å². The van der Waals surface area contributed by atoms with E-state index in [2.05, 4.69) is 29.2 Å². The molecule has 1 aromatic rings. The number of aliphatic hydroxyl groups excluding tert-OH is 1. The highest BCUT2D eigenvalue weighted by Crippen LogP contribution is 2.16. The van der Waals surface area contributed by atoms with Gasteiger partial charge in [-0.2, -0.15) is 0 Å². The molecule has 1 aromatic carbocycles. The normalized spacial score (nSPS) is 23.2. The minimum absolute atomic E-state index is 0.0533. The lowest BCUT2D eigenvalue weighted by atomic mass is 10.0. The standard InChI is InChI=1S/C15H23NO2/c1-12(2)15(17)14-11-16(8-9-18-14)10-13-6-4-3-5-7-13/h3-7,12,14-15,17H,8-11H2,1-2H3/t14-,15+/m0/s1. The summed E-state index contributed by atoms with van der Waals surface area (Å²) in [4.78, 5) is 2.36. The lowest BCUT2D eigenvalue weighted by Crippen LogP contribution is -2.48. The minimum atomic E-state index is -0.372. The largest absolute Gasteiger partial charge is 0.390 e. The van der Waals surface area contributed by atoms with Crippen LogP contribution in [0.5, 0.6) is 0 Å². The Bertz CT molecular complexity index is 353. The molecular formula is C15H23NO2. The van der Waals surface area contributed by atoms with E-state index < -0.39 is 0 Å². The molecule has 1 saturated heterocycles. The minimum Gasteiger partial charge on any atom is -0.390 e. The van der Waals surface area contributed by atoms with Crippen molar-refractivity contribution in [3.63, 3.8) is 0 Å². The van der Waals surface area contributed by atoms with Crippen LogP contribution in [0.25, 0.3) is 0 Å². The number of hydrogen-bond donors (Lipinski definition) is 1. The Balaban J connectivity index is 1.91. The van der Waals surface area contributed by atoms with Crippen molar-refractivity contribution < 1.29 is 9.84 Å². The Kier molecular flexibility index (Phi) is 4.75. The quantitative estimate of drug-likeness (QED) is 0.884. The third-order valence-corrected chi connectivity index (χ3v) is 3.49. The van der Waals surface area contributed by atoms with Gasteiger partial charge in [0.2, 0.25) is 0 Å². The van der Waals surface area contributed by atoms with E-state index in [0.29, 0.717) is 6.61 Å². The summed E-state index contributed by atoms with van der Waals surface area (Å²) >= 11 is 0. The maximum atomic E-state index is 10.1. The van der Waals surface area contributed by atoms with Crippen molar-refractivity contribution in [1.82, 2.24) is 4.90 Å². The second-order valence-corrected chi connectivity index (χ2v) is 5.36. The predicted octanol–water partition coefficient (Wildman–Crippen LogP) is 1.90. The van der Waals surface area contributed by atoms with Crippen LogP contribution in [0, 0.1) is 5.92 Å². The number of aliphatic hydroxyl groups is 1. The Labute approximate surface area is 109 Å². The molecule has 1 aliphatic rings. The first-order chi connectivity index (χ1) is 8.66. The molecule has 0 aliphatic carbocycles. The van der Waals surface area contributed by atoms with Crippen molar-refractivity contribution in [3.05, 3.63) is 35.9 Å². The Morgan fingerprint density at radius 2 is 2.06 bits per heavy atom. The first-order valence-corrected chi connectivity index (χ1v) is 6.73. The summed E-state index contributed by atoms with van der Waals surface area (Å²) in [5, 5.41) is 10.1. The van der Waals surface area contributed by atoms with Crippen LogP contribution in [0.15, 0.2) is 30.3 Å². The fourth-order valence-corrected chi connectivity index (χ4v) is 2.35. The van der Waals surface area contributed by atoms with Crippen LogP contribution in [-0.2, 0) is 11.3 Å². The van der Waals surface area contributed by atoms with Gasteiger partial charge in [0.1, 0.15) is 0 Å². The molecule has 3 nitrogen and oxygen atoms in total. The smallest absolute Gasteiger partial charge is 0.0963 e. The second-order valence-electron chi connectivity index (χ2n) is 5.36. The van der Waals surface area contributed by atoms with E-state index in [1.54, 1.807) is 0 Å². The van der Waals surface area contributed by atoms with Crippen molar-refractivity contribution in [1.29, 1.82) is 0 Å². The molecule has 3 heteroatoms. The number of hydrogen-bond acceptors (Lipinski definition) is 3. The average molecular weight is 249 g/mol. The maximum Gasteiger partial charge on any atom is 0.0963 e. The van der Waals surface area contributed by atoms with Crippen LogP contribution < -0.4 is 0 Å². The van der Waals surface area contributed by atoms with E-state index in [9.17, 15) is 5.11 Å². The van der Waals surface area contributed by atoms with Crippen LogP contribution in [0.4, 0.5) is 0 Å². The maximum absolute atomic E-state index is 10.1. The van der Waals surface area contributed by atoms with Gasteiger partial charge in [-0.15, -0.1) is 0 Å². The summed E-state index contributed by atoms with van der Waals surface area (Å²) in [5.74, 6) is 0.242. The third kappa shape index (κ3) is 3.55. The van der Waals surface area contributed by atoms with E-state index in [-0.39, 0.29) is 18.1 Å². The van der Waals surface area contributed by atoms with Crippen LogP contribution in [0.2, 0.25) is 0 Å². The average Bonchev–Trinajstić information content (AvgIpc) is 2.39. The molecule has 1 heterocycles. The van der Waals surface area contributed by atoms with Gasteiger partial charge in [0.25, 0.3) is 0 Å². The van der Waals surface area contributed by atoms with Crippen molar-refractivity contribution in [2.24, 2.45) is 5.92 Å². The van der Waals surface area contributed by atoms with Gasteiger partial charge < -0.3 is 9.84 Å². The highest BCUT2D eigenvalue weighted by molar-refractivity contribution is 5.14. The van der Waals surface area contributed by atoms with Gasteiger partial charge in [-0.25, -0.2) is 0 Å². The fraction of sp³-hybridized carbons (Fsp3) is 0.600. The number of nitrogens with zero attached hydrogens (tertiary/aromatic N) is 1. The lowest BCUT2D eigenvalue weighted by molar-refractivity contribution is -0.103. The molecule has 100 valence electrons. The van der Waals surface area contributed by atoms with Gasteiger partial charge in [0.05, 0.1) is 18.8 Å². The number of ether oxygens (including phenoxy) is 1. The molecule has 1 aliphatic heterocycles. The van der Waals surface area contributed by atoms with Gasteiger partial charge >= 0.3 is 0 Å². The predicted molar refractivity (Wildman–Crippen MR) is 72.3 cm³/mol. The van der Waals surface area contributed by atoms with E-state index in [1.165, 1.54) is 5.56 Å². The molecule has 1 N–H and O–H groups in total. The van der Waals surface area contributed by atoms with Gasteiger partial charge in [-0.3, -0.25) is 4.90 Å². The second kappa shape index (κ2) is 6.32. The van der Waals surface area contributed by atoms with E-state index in [4.69, 9.17) is 4.74 Å². The zero-order valence-corrected chi connectivity index (χ0v) is 11.2. The van der Waals surface area contributed by atoms with Crippen molar-refractivity contribution in [2.45, 2.75) is 32.6 Å². The first kappa shape index (κ1) is 13.5. The molecule has 0 amide bonds. The summed E-state index contributed by atoms with van der Waals surface area (Å²) in [6.45, 7) is 7.46. The van der Waals surface area contributed by atoms with E-state index >= 15 is 0 Å². The molecule has 2 atom stereocenters. The van der Waals surface area contributed by atoms with Crippen molar-refractivity contribution in [3.8, 4) is 0 Å². The lowest BCUT2D eigenvalue weighted by Gasteiger charge is -2.36. The number of benzene rings is 1. The monoisotopic (exact) mass is 249 g/mol. The van der Waals surface area contributed by atoms with Gasteiger partial charge in [0.15, 0.2) is 0 Å². The molecule has 0 radical (unpaired) electrons. The topological polar surface area (TPSA) is 32.7 Å². The fourth-order valence-electron chi connectivity index (χ4n) is 2.35. The number of rotatable bonds is 4. The molecule has 0 saturated carbocycles. The highest BCUT2D eigenvalue weighted by atomic mass is 16.5. The van der Waals surface area contributed by atoms with Crippen LogP contribution in [-0.4, -0.2) is 41.9 Å². The molecular weight excluding hydrogens is 226 g/mol. The number of morpholine rings is 1. The Hall–Kier alpha value is -0.900. The zero-order valence-electron chi connectivity index (χ0n) is 11.2. The SMILES string of the molecule is CC(C)[C@@H](O)[C@@H]1CN(Cc2ccccc2)CCO1. The summed E-state index contributed by atoms with van der Waals surface area (Å²) in [6.07, 6.45) is -0.425. The van der Waals surface area contributed by atoms with E-state index in [0.717, 1.165) is 19.6 Å².